The van der Waals surface area contributed by atoms with Gasteiger partial charge in [-0.05, 0) is 42.3 Å². The van der Waals surface area contributed by atoms with Gasteiger partial charge in [-0.3, -0.25) is 15.0 Å². The fourth-order valence-corrected chi connectivity index (χ4v) is 4.56. The Hall–Kier alpha value is -3.68. The quantitative estimate of drug-likeness (QED) is 0.590. The number of benzene rings is 3. The number of methoxy groups -OCH3 is 1. The molecule has 0 spiro atoms. The van der Waals surface area contributed by atoms with Gasteiger partial charge in [0.25, 0.3) is 5.91 Å². The first-order valence-corrected chi connectivity index (χ1v) is 10.7. The zero-order chi connectivity index (χ0) is 23.3. The smallest absolute Gasteiger partial charge is 0.412 e. The average molecular weight is 462 g/mol. The van der Waals surface area contributed by atoms with Gasteiger partial charge in [-0.1, -0.05) is 48.0 Å². The molecule has 0 aliphatic carbocycles. The van der Waals surface area contributed by atoms with Gasteiger partial charge in [0.15, 0.2) is 5.72 Å². The van der Waals surface area contributed by atoms with E-state index in [1.54, 1.807) is 48.5 Å². The molecule has 2 N–H and O–H groups in total. The third-order valence-corrected chi connectivity index (χ3v) is 6.24. The minimum absolute atomic E-state index is 0.324. The fourth-order valence-electron chi connectivity index (χ4n) is 4.39. The van der Waals surface area contributed by atoms with Crippen molar-refractivity contribution in [3.63, 3.8) is 0 Å². The molecule has 1 atom stereocenters. The molecule has 5 rings (SSSR count). The Morgan fingerprint density at radius 2 is 1.97 bits per heavy atom. The van der Waals surface area contributed by atoms with Gasteiger partial charge in [0.1, 0.15) is 5.84 Å². The first-order valence-electron chi connectivity index (χ1n) is 10.3. The summed E-state index contributed by atoms with van der Waals surface area (Å²) in [6.45, 7) is 1.86. The molecule has 0 radical (unpaired) electrons. The molecule has 1 unspecified atom stereocenters. The number of alkyl carbamates (subject to hydrolysis) is 1. The number of amidine groups is 1. The van der Waals surface area contributed by atoms with Gasteiger partial charge in [0.2, 0.25) is 0 Å². The lowest BCUT2D eigenvalue weighted by molar-refractivity contribution is 0.0702. The number of nitrogens with one attached hydrogen (secondary N) is 1. The lowest BCUT2D eigenvalue weighted by Gasteiger charge is -2.36. The van der Waals surface area contributed by atoms with E-state index >= 15 is 0 Å². The minimum Gasteiger partial charge on any atom is -0.453 e. The standard InChI is InChI=1S/C25H20ClN3O4/c1-14-7-10-17(26)13-21(14)29-23(30)18-5-3-4-6-19(18)25(29,32)16-9-8-15-11-22(27-20(15)12-16)28-24(31)33-2/h3-10,12-13,32H,11H2,1-2H3,(H,27,28,31). The number of hydrogen-bond acceptors (Lipinski definition) is 5. The van der Waals surface area contributed by atoms with E-state index in [0.717, 1.165) is 11.1 Å². The van der Waals surface area contributed by atoms with Crippen molar-refractivity contribution in [3.05, 3.63) is 93.5 Å². The highest BCUT2D eigenvalue weighted by atomic mass is 35.5. The van der Waals surface area contributed by atoms with Crippen molar-refractivity contribution in [1.82, 2.24) is 5.32 Å². The second kappa shape index (κ2) is 7.72. The lowest BCUT2D eigenvalue weighted by Crippen LogP contribution is -2.45. The highest BCUT2D eigenvalue weighted by Crippen LogP contribution is 2.47. The second-order valence-corrected chi connectivity index (χ2v) is 8.42. The first kappa shape index (κ1) is 21.2. The number of rotatable bonds is 2. The van der Waals surface area contributed by atoms with Crippen LogP contribution in [0.25, 0.3) is 0 Å². The molecule has 2 aliphatic rings. The highest BCUT2D eigenvalue weighted by molar-refractivity contribution is 6.31. The van der Waals surface area contributed by atoms with E-state index in [9.17, 15) is 14.7 Å². The number of carbonyl (C=O) groups is 2. The van der Waals surface area contributed by atoms with Gasteiger partial charge in [0, 0.05) is 28.1 Å². The molecular weight excluding hydrogens is 442 g/mol. The van der Waals surface area contributed by atoms with Gasteiger partial charge in [-0.25, -0.2) is 9.79 Å². The average Bonchev–Trinajstić information content (AvgIpc) is 3.31. The van der Waals surface area contributed by atoms with Gasteiger partial charge in [-0.2, -0.15) is 0 Å². The largest absolute Gasteiger partial charge is 0.453 e. The first-order chi connectivity index (χ1) is 15.8. The Bertz CT molecular complexity index is 1350. The van der Waals surface area contributed by atoms with Crippen molar-refractivity contribution in [2.45, 2.75) is 19.1 Å². The van der Waals surface area contributed by atoms with Gasteiger partial charge >= 0.3 is 6.09 Å². The van der Waals surface area contributed by atoms with Crippen LogP contribution in [0.1, 0.15) is 32.6 Å². The molecule has 0 fully saturated rings. The van der Waals surface area contributed by atoms with Crippen LogP contribution >= 0.6 is 11.6 Å². The van der Waals surface area contributed by atoms with Gasteiger partial charge in [-0.15, -0.1) is 0 Å². The Balaban J connectivity index is 1.67. The number of nitrogens with zero attached hydrogens (tertiary/aromatic N) is 2. The number of anilines is 1. The van der Waals surface area contributed by atoms with E-state index < -0.39 is 11.8 Å². The maximum Gasteiger partial charge on any atom is 0.412 e. The number of aliphatic hydroxyl groups is 1. The summed E-state index contributed by atoms with van der Waals surface area (Å²) in [7, 11) is 1.28. The molecule has 7 nitrogen and oxygen atoms in total. The molecule has 3 aromatic rings. The van der Waals surface area contributed by atoms with Crippen LogP contribution in [0.2, 0.25) is 5.02 Å². The Morgan fingerprint density at radius 1 is 1.18 bits per heavy atom. The molecule has 2 heterocycles. The summed E-state index contributed by atoms with van der Waals surface area (Å²) in [5.41, 5.74) is 2.39. The number of aryl methyl sites for hydroxylation is 1. The number of aliphatic imine (C=N–C) groups is 1. The molecule has 3 aromatic carbocycles. The van der Waals surface area contributed by atoms with E-state index in [1.807, 2.05) is 19.1 Å². The van der Waals surface area contributed by atoms with Gasteiger partial charge in [0.05, 0.1) is 18.5 Å². The van der Waals surface area contributed by atoms with Crippen molar-refractivity contribution in [2.75, 3.05) is 12.0 Å². The maximum atomic E-state index is 13.5. The summed E-state index contributed by atoms with van der Waals surface area (Å²) in [5.74, 6) is 0.127. The summed E-state index contributed by atoms with van der Waals surface area (Å²) in [4.78, 5) is 31.0. The molecule has 33 heavy (non-hydrogen) atoms. The van der Waals surface area contributed by atoms with Crippen LogP contribution in [0.4, 0.5) is 16.2 Å². The third-order valence-electron chi connectivity index (χ3n) is 6.00. The third kappa shape index (κ3) is 3.28. The Morgan fingerprint density at radius 3 is 2.76 bits per heavy atom. The molecule has 0 saturated carbocycles. The molecule has 0 saturated heterocycles. The number of hydrogen-bond donors (Lipinski definition) is 2. The van der Waals surface area contributed by atoms with E-state index in [-0.39, 0.29) is 5.91 Å². The predicted octanol–water partition coefficient (Wildman–Crippen LogP) is 4.44. The molecule has 166 valence electrons. The summed E-state index contributed by atoms with van der Waals surface area (Å²) in [6, 6.07) is 17.6. The van der Waals surface area contributed by atoms with E-state index in [0.29, 0.717) is 45.3 Å². The zero-order valence-electron chi connectivity index (χ0n) is 17.9. The molecule has 2 amide bonds. The second-order valence-electron chi connectivity index (χ2n) is 7.98. The predicted molar refractivity (Wildman–Crippen MR) is 125 cm³/mol. The number of fused-ring (bicyclic) bond motifs is 2. The van der Waals surface area contributed by atoms with Gasteiger partial charge < -0.3 is 9.84 Å². The Kier molecular flexibility index (Phi) is 4.96. The minimum atomic E-state index is -1.77. The number of halogens is 1. The normalized spacial score (nSPS) is 18.6. The van der Waals surface area contributed by atoms with Crippen molar-refractivity contribution < 1.29 is 19.4 Å². The van der Waals surface area contributed by atoms with Crippen LogP contribution < -0.4 is 10.2 Å². The van der Waals surface area contributed by atoms with Crippen molar-refractivity contribution in [1.29, 1.82) is 0 Å². The fraction of sp³-hybridized carbons (Fsp3) is 0.160. The van der Waals surface area contributed by atoms with Crippen LogP contribution in [0.5, 0.6) is 0 Å². The van der Waals surface area contributed by atoms with Crippen LogP contribution in [0.3, 0.4) is 0 Å². The number of carbonyl (C=O) groups excluding carboxylic acids is 2. The van der Waals surface area contributed by atoms with Crippen LogP contribution in [0, 0.1) is 6.92 Å². The monoisotopic (exact) mass is 461 g/mol. The topological polar surface area (TPSA) is 91.2 Å². The maximum absolute atomic E-state index is 13.5. The summed E-state index contributed by atoms with van der Waals surface area (Å²) < 4.78 is 4.64. The summed E-state index contributed by atoms with van der Waals surface area (Å²) in [6.07, 6.45) is -0.172. The molecule has 8 heteroatoms. The van der Waals surface area contributed by atoms with E-state index in [2.05, 4.69) is 15.0 Å². The molecular formula is C25H20ClN3O4. The lowest BCUT2D eigenvalue weighted by atomic mass is 9.92. The molecule has 0 aromatic heterocycles. The van der Waals surface area contributed by atoms with Crippen LogP contribution in [0.15, 0.2) is 65.7 Å². The number of amides is 2. The SMILES string of the molecule is COC(=O)NC1=Nc2cc(C3(O)c4ccccc4C(=O)N3c3cc(Cl)ccc3C)ccc2C1. The van der Waals surface area contributed by atoms with E-state index in [4.69, 9.17) is 11.6 Å². The van der Waals surface area contributed by atoms with Crippen molar-refractivity contribution in [3.8, 4) is 0 Å². The van der Waals surface area contributed by atoms with Crippen LogP contribution in [-0.4, -0.2) is 30.1 Å². The molecule has 0 bridgehead atoms. The zero-order valence-corrected chi connectivity index (χ0v) is 18.7. The molecule has 2 aliphatic heterocycles. The van der Waals surface area contributed by atoms with Crippen LogP contribution in [-0.2, 0) is 16.9 Å². The Labute approximate surface area is 195 Å². The number of ether oxygens (including phenoxy) is 1. The van der Waals surface area contributed by atoms with E-state index in [1.165, 1.54) is 12.0 Å². The summed E-state index contributed by atoms with van der Waals surface area (Å²) in [5, 5.41) is 15.3. The highest BCUT2D eigenvalue weighted by Gasteiger charge is 2.51. The van der Waals surface area contributed by atoms with Crippen molar-refractivity contribution in [2.24, 2.45) is 4.99 Å². The van der Waals surface area contributed by atoms with Crippen molar-refractivity contribution >= 4 is 40.8 Å². The summed E-state index contributed by atoms with van der Waals surface area (Å²) >= 11 is 6.26.